The van der Waals surface area contributed by atoms with Gasteiger partial charge in [-0.2, -0.15) is 0 Å². The maximum Gasteiger partial charge on any atom is 0.314 e. The molecule has 1 N–H and O–H groups in total. The number of carbonyl (C=O) groups is 4. The van der Waals surface area contributed by atoms with Gasteiger partial charge in [-0.3, -0.25) is 19.2 Å². The van der Waals surface area contributed by atoms with Crippen LogP contribution in [0.3, 0.4) is 0 Å². The number of carboxylic acid groups (broad SMARTS) is 1. The summed E-state index contributed by atoms with van der Waals surface area (Å²) in [6, 6.07) is 0. The van der Waals surface area contributed by atoms with Gasteiger partial charge in [0.2, 0.25) is 11.6 Å². The lowest BCUT2D eigenvalue weighted by Crippen LogP contribution is -2.29. The molecule has 1 unspecified atom stereocenters. The third-order valence-corrected chi connectivity index (χ3v) is 4.69. The van der Waals surface area contributed by atoms with Gasteiger partial charge in [-0.1, -0.05) is 6.92 Å². The minimum Gasteiger partial charge on any atom is -0.481 e. The molecule has 0 spiro atoms. The molecule has 3 fully saturated rings. The maximum absolute atomic E-state index is 12.4. The molecule has 1 aliphatic carbocycles. The lowest BCUT2D eigenvalue weighted by Gasteiger charge is -2.21. The molecule has 0 aromatic heterocycles. The summed E-state index contributed by atoms with van der Waals surface area (Å²) in [4.78, 5) is 51.1. The van der Waals surface area contributed by atoms with Gasteiger partial charge >= 0.3 is 5.97 Å². The van der Waals surface area contributed by atoms with Crippen LogP contribution in [0.2, 0.25) is 0 Å². The highest BCUT2D eigenvalue weighted by atomic mass is 27.0. The molecule has 9 heteroatoms. The molecule has 146 valence electrons. The van der Waals surface area contributed by atoms with Crippen LogP contribution in [0, 0.1) is 5.92 Å². The average Bonchev–Trinajstić information content (AvgIpc) is 3.43. The Kier molecular flexibility index (Phi) is 6.50. The van der Waals surface area contributed by atoms with Gasteiger partial charge in [-0.15, -0.1) is 0 Å². The summed E-state index contributed by atoms with van der Waals surface area (Å²) in [5.74, 6) is -2.05. The van der Waals surface area contributed by atoms with E-state index in [0.717, 1.165) is 39.3 Å². The third-order valence-electron chi connectivity index (χ3n) is 4.69. The minimum atomic E-state index is -1.02. The molecule has 3 heterocycles. The fourth-order valence-corrected chi connectivity index (χ4v) is 2.91. The zero-order valence-electron chi connectivity index (χ0n) is 15.0. The first kappa shape index (κ1) is 21.2. The van der Waals surface area contributed by atoms with Crippen molar-refractivity contribution < 1.29 is 24.3 Å². The number of hydrogen-bond donors (Lipinski definition) is 1. The van der Waals surface area contributed by atoms with Gasteiger partial charge < -0.3 is 19.8 Å². The third kappa shape index (κ3) is 4.79. The maximum atomic E-state index is 12.4. The van der Waals surface area contributed by atoms with E-state index in [0.29, 0.717) is 23.5 Å². The molecule has 0 aromatic carbocycles. The summed E-state index contributed by atoms with van der Waals surface area (Å²) in [5, 5.41) is 8.32. The van der Waals surface area contributed by atoms with Crippen LogP contribution in [-0.4, -0.2) is 99.8 Å². The van der Waals surface area contributed by atoms with Crippen molar-refractivity contribution in [2.45, 2.75) is 20.3 Å². The summed E-state index contributed by atoms with van der Waals surface area (Å²) < 4.78 is 0. The molecule has 3 aliphatic heterocycles. The Morgan fingerprint density at radius 1 is 1.00 bits per heavy atom. The van der Waals surface area contributed by atoms with E-state index >= 15 is 0 Å². The van der Waals surface area contributed by atoms with Gasteiger partial charge in [-0.25, -0.2) is 0 Å². The number of hydrogen-bond acceptors (Lipinski definition) is 7. The summed E-state index contributed by atoms with van der Waals surface area (Å²) in [6.45, 7) is 8.38. The lowest BCUT2D eigenvalue weighted by molar-refractivity contribution is -0.145. The van der Waals surface area contributed by atoms with Crippen molar-refractivity contribution in [3.63, 3.8) is 0 Å². The van der Waals surface area contributed by atoms with Gasteiger partial charge in [-0.05, 0) is 13.3 Å². The van der Waals surface area contributed by atoms with Crippen LogP contribution in [-0.2, 0) is 19.2 Å². The van der Waals surface area contributed by atoms with Crippen LogP contribution in [0.25, 0.3) is 0 Å². The average molecular weight is 391 g/mol. The number of Topliss-reactive ketones (excluding diaryl/α,β-unsaturated/α-hetero) is 2. The Morgan fingerprint density at radius 2 is 1.48 bits per heavy atom. The molecule has 0 saturated carbocycles. The highest BCUT2D eigenvalue weighted by Crippen LogP contribution is 2.33. The van der Waals surface area contributed by atoms with Crippen molar-refractivity contribution in [3.05, 3.63) is 23.2 Å². The summed E-state index contributed by atoms with van der Waals surface area (Å²) in [5.41, 5.74) is 1.89. The molecule has 0 aromatic rings. The van der Waals surface area contributed by atoms with E-state index in [1.54, 1.807) is 6.92 Å². The van der Waals surface area contributed by atoms with Crippen molar-refractivity contribution in [1.29, 1.82) is 0 Å². The molecule has 27 heavy (non-hydrogen) atoms. The van der Waals surface area contributed by atoms with Gasteiger partial charge in [0.05, 0.1) is 5.70 Å². The molecule has 0 bridgehead atoms. The zero-order chi connectivity index (χ0) is 19.0. The van der Waals surface area contributed by atoms with Gasteiger partial charge in [0.25, 0.3) is 0 Å². The molecule has 0 amide bonds. The van der Waals surface area contributed by atoms with E-state index in [1.807, 2.05) is 14.7 Å². The molecule has 1 atom stereocenters. The molecule has 3 saturated heterocycles. The van der Waals surface area contributed by atoms with Crippen LogP contribution in [0.5, 0.6) is 0 Å². The Hall–Kier alpha value is -2.11. The number of rotatable bonds is 6. The van der Waals surface area contributed by atoms with Crippen molar-refractivity contribution in [2.75, 3.05) is 39.3 Å². The van der Waals surface area contributed by atoms with Crippen LogP contribution in [0.1, 0.15) is 20.3 Å². The van der Waals surface area contributed by atoms with E-state index in [4.69, 9.17) is 5.11 Å². The Morgan fingerprint density at radius 3 is 1.81 bits per heavy atom. The normalized spacial score (nSPS) is 21.0. The number of nitrogens with zero attached hydrogens (tertiary/aromatic N) is 3. The highest BCUT2D eigenvalue weighted by molar-refractivity contribution is 6.22. The van der Waals surface area contributed by atoms with Crippen molar-refractivity contribution in [2.24, 2.45) is 5.92 Å². The van der Waals surface area contributed by atoms with E-state index in [-0.39, 0.29) is 34.7 Å². The minimum absolute atomic E-state index is 0. The summed E-state index contributed by atoms with van der Waals surface area (Å²) >= 11 is 0. The molecule has 0 radical (unpaired) electrons. The first-order valence-corrected chi connectivity index (χ1v) is 8.88. The highest BCUT2D eigenvalue weighted by Gasteiger charge is 2.43. The SMILES string of the molecule is CCC(C(C)=O)C(=O)O.O=C1C=C(N2CC2)C(=O)C(N2CC2)=C1N1CC1.[AlH3]. The number of carboxylic acids is 1. The standard InChI is InChI=1S/C12H13N3O2.C6H10O3.Al.3H/c16-9-7-8(13-1-2-13)12(17)11(15-5-6-15)10(9)14-3-4-14;1-3-5(4(2)7)6(8)9;;;;/h7H,1-6H2;5H,3H2,1-2H3,(H,8,9);;;;. The molecule has 4 aliphatic rings. The fraction of sp³-hybridized carbons (Fsp3) is 0.556. The van der Waals surface area contributed by atoms with Gasteiger partial charge in [0, 0.05) is 45.3 Å². The predicted molar refractivity (Wildman–Crippen MR) is 102 cm³/mol. The summed E-state index contributed by atoms with van der Waals surface area (Å²) in [6.07, 6.45) is 1.90. The van der Waals surface area contributed by atoms with Crippen molar-refractivity contribution >= 4 is 40.7 Å². The molecule has 8 nitrogen and oxygen atoms in total. The smallest absolute Gasteiger partial charge is 0.314 e. The number of carbonyl (C=O) groups excluding carboxylic acids is 3. The van der Waals surface area contributed by atoms with Crippen LogP contribution < -0.4 is 0 Å². The van der Waals surface area contributed by atoms with Crippen molar-refractivity contribution in [1.82, 2.24) is 14.7 Å². The van der Waals surface area contributed by atoms with E-state index < -0.39 is 11.9 Å². The Bertz CT molecular complexity index is 719. The molecule has 4 rings (SSSR count). The quantitative estimate of drug-likeness (QED) is 0.258. The molecular weight excluding hydrogens is 365 g/mol. The van der Waals surface area contributed by atoms with E-state index in [2.05, 4.69) is 0 Å². The Balaban J connectivity index is 0.000000228. The van der Waals surface area contributed by atoms with Crippen molar-refractivity contribution in [3.8, 4) is 0 Å². The van der Waals surface area contributed by atoms with Gasteiger partial charge in [0.1, 0.15) is 23.1 Å². The predicted octanol–water partition coefficient (Wildman–Crippen LogP) is -1.32. The van der Waals surface area contributed by atoms with E-state index in [1.165, 1.54) is 13.0 Å². The first-order chi connectivity index (χ1) is 12.3. The fourth-order valence-electron chi connectivity index (χ4n) is 2.91. The van der Waals surface area contributed by atoms with Crippen LogP contribution in [0.15, 0.2) is 23.2 Å². The lowest BCUT2D eigenvalue weighted by atomic mass is 10.0. The van der Waals surface area contributed by atoms with Crippen LogP contribution >= 0.6 is 0 Å². The Labute approximate surface area is 168 Å². The monoisotopic (exact) mass is 391 g/mol. The van der Waals surface area contributed by atoms with Crippen LogP contribution in [0.4, 0.5) is 0 Å². The second-order valence-corrected chi connectivity index (χ2v) is 6.79. The second-order valence-electron chi connectivity index (χ2n) is 6.79. The number of aliphatic carboxylic acids is 1. The number of allylic oxidation sites excluding steroid dienone is 1. The summed E-state index contributed by atoms with van der Waals surface area (Å²) in [7, 11) is 0. The molecular formula is C18H26AlN3O5. The van der Waals surface area contributed by atoms with Gasteiger partial charge in [0.15, 0.2) is 17.4 Å². The topological polar surface area (TPSA) is 97.5 Å². The zero-order valence-corrected chi connectivity index (χ0v) is 15.0. The first-order valence-electron chi connectivity index (χ1n) is 8.88. The second kappa shape index (κ2) is 8.28. The number of ketones is 3. The van der Waals surface area contributed by atoms with E-state index in [9.17, 15) is 19.2 Å². The largest absolute Gasteiger partial charge is 0.481 e.